The third-order valence-corrected chi connectivity index (χ3v) is 11.0. The second kappa shape index (κ2) is 19.8. The lowest BCUT2D eigenvalue weighted by Gasteiger charge is -2.29. The summed E-state index contributed by atoms with van der Waals surface area (Å²) in [4.78, 5) is 55.5. The Hall–Kier alpha value is -6.03. The summed E-state index contributed by atoms with van der Waals surface area (Å²) < 4.78 is 17.0. The molecule has 0 radical (unpaired) electrons. The Morgan fingerprint density at radius 3 is 2.08 bits per heavy atom. The summed E-state index contributed by atoms with van der Waals surface area (Å²) in [7, 11) is 5.20. The molecule has 2 aliphatic rings. The first kappa shape index (κ1) is 43.5. The molecule has 1 aliphatic heterocycles. The molecule has 4 aromatic rings. The molecule has 1 aliphatic carbocycles. The number of likely N-dealkylation sites (tertiary alicyclic amines) is 1. The molecule has 1 aromatic heterocycles. The van der Waals surface area contributed by atoms with Crippen molar-refractivity contribution in [2.75, 3.05) is 46.2 Å². The summed E-state index contributed by atoms with van der Waals surface area (Å²) in [5, 5.41) is 26.1. The number of alkyl carbamates (subject to hydrolysis) is 1. The summed E-state index contributed by atoms with van der Waals surface area (Å²) in [6, 6.07) is 17.3. The number of nitrogens with one attached hydrogen (secondary N) is 5. The lowest BCUT2D eigenvalue weighted by molar-refractivity contribution is -0.130. The van der Waals surface area contributed by atoms with Gasteiger partial charge in [-0.15, -0.1) is 10.2 Å². The second-order valence-corrected chi connectivity index (χ2v) is 16.7. The predicted molar refractivity (Wildman–Crippen MR) is 227 cm³/mol. The Kier molecular flexibility index (Phi) is 14.4. The van der Waals surface area contributed by atoms with E-state index in [-0.39, 0.29) is 42.0 Å². The number of ether oxygens (including phenoxy) is 3. The van der Waals surface area contributed by atoms with Crippen LogP contribution in [0.25, 0.3) is 22.5 Å². The minimum Gasteiger partial charge on any atom is -0.496 e. The molecule has 0 unspecified atom stereocenters. The van der Waals surface area contributed by atoms with E-state index < -0.39 is 17.7 Å². The molecule has 6 rings (SSSR count). The van der Waals surface area contributed by atoms with Gasteiger partial charge in [-0.3, -0.25) is 14.4 Å². The van der Waals surface area contributed by atoms with Crippen LogP contribution in [-0.2, 0) is 20.7 Å². The Morgan fingerprint density at radius 2 is 1.50 bits per heavy atom. The van der Waals surface area contributed by atoms with Gasteiger partial charge in [0.05, 0.1) is 19.8 Å². The van der Waals surface area contributed by atoms with Gasteiger partial charge in [-0.1, -0.05) is 24.3 Å². The lowest BCUT2D eigenvalue weighted by Crippen LogP contribution is -2.48. The van der Waals surface area contributed by atoms with Crippen molar-refractivity contribution in [3.05, 3.63) is 71.8 Å². The van der Waals surface area contributed by atoms with E-state index in [1.807, 2.05) is 45.0 Å². The van der Waals surface area contributed by atoms with Crippen LogP contribution in [0.15, 0.2) is 60.7 Å². The normalized spacial score (nSPS) is 17.8. The average molecular weight is 824 g/mol. The van der Waals surface area contributed by atoms with E-state index in [2.05, 4.69) is 53.8 Å². The van der Waals surface area contributed by atoms with Gasteiger partial charge >= 0.3 is 6.09 Å². The van der Waals surface area contributed by atoms with Crippen LogP contribution in [0.3, 0.4) is 0 Å². The third-order valence-electron chi connectivity index (χ3n) is 11.0. The van der Waals surface area contributed by atoms with Crippen LogP contribution < -0.4 is 30.7 Å². The Balaban J connectivity index is 1.15. The zero-order chi connectivity index (χ0) is 42.8. The predicted octanol–water partition coefficient (Wildman–Crippen LogP) is 5.37. The van der Waals surface area contributed by atoms with Crippen LogP contribution in [-0.4, -0.2) is 108 Å². The van der Waals surface area contributed by atoms with Crippen LogP contribution >= 0.6 is 0 Å². The topological polar surface area (TPSA) is 202 Å². The van der Waals surface area contributed by atoms with E-state index in [1.165, 1.54) is 0 Å². The quantitative estimate of drug-likeness (QED) is 0.109. The van der Waals surface area contributed by atoms with E-state index in [0.717, 1.165) is 55.5 Å². The molecule has 16 nitrogen and oxygen atoms in total. The number of aromatic nitrogens is 4. The second-order valence-electron chi connectivity index (χ2n) is 16.7. The Labute approximate surface area is 350 Å². The maximum atomic E-state index is 13.9. The van der Waals surface area contributed by atoms with E-state index >= 15 is 0 Å². The van der Waals surface area contributed by atoms with Crippen molar-refractivity contribution in [1.82, 2.24) is 41.5 Å². The highest BCUT2D eigenvalue weighted by Gasteiger charge is 2.31. The Morgan fingerprint density at radius 1 is 0.867 bits per heavy atom. The van der Waals surface area contributed by atoms with Crippen molar-refractivity contribution in [2.45, 2.75) is 83.4 Å². The zero-order valence-corrected chi connectivity index (χ0v) is 35.3. The average Bonchev–Trinajstić information content (AvgIpc) is 3.78. The SMILES string of the molecule is COc1cc(C(=O)NC2CCN(C)CC2)cc(OC)c1-c1ccc(C[C@H](NC(=O)[C@H]2CC[C@H](CNC(=O)OC(C)(C)C)CC2)C(=O)Nc2ccc(-c3nn[nH]n3)cc2)cc1. The highest BCUT2D eigenvalue weighted by atomic mass is 16.6. The molecule has 3 aromatic carbocycles. The van der Waals surface area contributed by atoms with Gasteiger partial charge in [-0.25, -0.2) is 4.79 Å². The number of hydrogen-bond donors (Lipinski definition) is 5. The highest BCUT2D eigenvalue weighted by Crippen LogP contribution is 2.40. The van der Waals surface area contributed by atoms with Crippen LogP contribution in [0.4, 0.5) is 10.5 Å². The van der Waals surface area contributed by atoms with Gasteiger partial charge in [-0.05, 0) is 138 Å². The maximum Gasteiger partial charge on any atom is 0.407 e. The van der Waals surface area contributed by atoms with Crippen molar-refractivity contribution < 1.29 is 33.4 Å². The fourth-order valence-corrected chi connectivity index (χ4v) is 7.68. The van der Waals surface area contributed by atoms with E-state index in [9.17, 15) is 19.2 Å². The van der Waals surface area contributed by atoms with Crippen molar-refractivity contribution >= 4 is 29.5 Å². The largest absolute Gasteiger partial charge is 0.496 e. The molecule has 1 saturated carbocycles. The minimum atomic E-state index is -0.891. The number of benzene rings is 3. The van der Waals surface area contributed by atoms with E-state index in [4.69, 9.17) is 14.2 Å². The molecule has 1 atom stereocenters. The molecular weight excluding hydrogens is 767 g/mol. The number of amides is 4. The summed E-state index contributed by atoms with van der Waals surface area (Å²) in [6.45, 7) is 7.80. The summed E-state index contributed by atoms with van der Waals surface area (Å²) in [5.74, 6) is 0.617. The summed E-state index contributed by atoms with van der Waals surface area (Å²) in [5.41, 5.74) is 3.43. The van der Waals surface area contributed by atoms with Gasteiger partial charge in [0, 0.05) is 41.7 Å². The summed E-state index contributed by atoms with van der Waals surface area (Å²) >= 11 is 0. The van der Waals surface area contributed by atoms with Gasteiger partial charge in [0.1, 0.15) is 23.1 Å². The molecule has 1 saturated heterocycles. The van der Waals surface area contributed by atoms with Gasteiger partial charge in [0.25, 0.3) is 5.91 Å². The number of piperidine rings is 1. The maximum absolute atomic E-state index is 13.9. The molecule has 0 bridgehead atoms. The zero-order valence-electron chi connectivity index (χ0n) is 35.3. The molecule has 0 spiro atoms. The fourth-order valence-electron chi connectivity index (χ4n) is 7.68. The number of aromatic amines is 1. The lowest BCUT2D eigenvalue weighted by atomic mass is 9.81. The highest BCUT2D eigenvalue weighted by molar-refractivity contribution is 5.98. The summed E-state index contributed by atoms with van der Waals surface area (Å²) in [6.07, 6.45) is 4.34. The van der Waals surface area contributed by atoms with E-state index in [1.54, 1.807) is 50.6 Å². The molecular formula is C44H57N9O7. The first-order valence-corrected chi connectivity index (χ1v) is 20.5. The standard InChI is InChI=1S/C44H57N9O7/c1-44(2,3)60-43(57)45-26-28-9-13-31(14-10-28)40(54)48-35(42(56)47-33-17-15-30(16-18-33)39-49-51-52-50-39)23-27-7-11-29(12-8-27)38-36(58-5)24-32(25-37(38)59-6)41(55)46-34-19-21-53(4)22-20-34/h7-8,11-12,15-18,24-25,28,31,34-35H,9-10,13-14,19-23,26H2,1-6H3,(H,45,57)(H,46,55)(H,47,56)(H,48,54)(H,49,50,51,52)/t28-,31-,35-/m0/s1. The van der Waals surface area contributed by atoms with Crippen LogP contribution in [0.2, 0.25) is 0 Å². The number of methoxy groups -OCH3 is 2. The molecule has 16 heteroatoms. The van der Waals surface area contributed by atoms with Crippen LogP contribution in [0.1, 0.15) is 75.2 Å². The number of nitrogens with zero attached hydrogens (tertiary/aromatic N) is 4. The van der Waals surface area contributed by atoms with Crippen LogP contribution in [0.5, 0.6) is 11.5 Å². The first-order chi connectivity index (χ1) is 28.8. The minimum absolute atomic E-state index is 0.103. The smallest absolute Gasteiger partial charge is 0.407 e. The number of carbonyl (C=O) groups excluding carboxylic acids is 4. The van der Waals surface area contributed by atoms with Crippen molar-refractivity contribution in [1.29, 1.82) is 0 Å². The number of hydrogen-bond acceptors (Lipinski definition) is 11. The number of carbonyl (C=O) groups is 4. The first-order valence-electron chi connectivity index (χ1n) is 20.5. The van der Waals surface area contributed by atoms with Crippen LogP contribution in [0, 0.1) is 11.8 Å². The molecule has 5 N–H and O–H groups in total. The molecule has 4 amide bonds. The van der Waals surface area contributed by atoms with Crippen molar-refractivity contribution in [2.24, 2.45) is 11.8 Å². The molecule has 320 valence electrons. The van der Waals surface area contributed by atoms with E-state index in [0.29, 0.717) is 53.5 Å². The number of anilines is 1. The van der Waals surface area contributed by atoms with Gasteiger partial charge in [0.15, 0.2) is 0 Å². The number of rotatable bonds is 14. The monoisotopic (exact) mass is 823 g/mol. The number of tetrazole rings is 1. The fraction of sp³-hybridized carbons (Fsp3) is 0.477. The van der Waals surface area contributed by atoms with Gasteiger partial charge in [-0.2, -0.15) is 5.21 Å². The molecule has 2 fully saturated rings. The number of H-pyrrole nitrogens is 1. The van der Waals surface area contributed by atoms with Crippen molar-refractivity contribution in [3.63, 3.8) is 0 Å². The third kappa shape index (κ3) is 11.8. The Bertz CT molecular complexity index is 2040. The van der Waals surface area contributed by atoms with Gasteiger partial charge < -0.3 is 40.4 Å². The molecule has 2 heterocycles. The molecule has 60 heavy (non-hydrogen) atoms. The van der Waals surface area contributed by atoms with Crippen molar-refractivity contribution in [3.8, 4) is 34.0 Å². The van der Waals surface area contributed by atoms with Gasteiger partial charge in [0.2, 0.25) is 17.6 Å².